The van der Waals surface area contributed by atoms with Crippen LogP contribution in [0.4, 0.5) is 0 Å². The van der Waals surface area contributed by atoms with Crippen LogP contribution in [0.3, 0.4) is 0 Å². The fraction of sp³-hybridized carbons (Fsp3) is 0.231. The molecule has 0 heterocycles. The largest absolute Gasteiger partial charge is 0.0870 e. The van der Waals surface area contributed by atoms with Gasteiger partial charge in [-0.2, -0.15) is 0 Å². The summed E-state index contributed by atoms with van der Waals surface area (Å²) >= 11 is 0. The van der Waals surface area contributed by atoms with Gasteiger partial charge < -0.3 is 0 Å². The average Bonchev–Trinajstić information content (AvgIpc) is 2.88. The Bertz CT molecular complexity index is 1060. The van der Waals surface area contributed by atoms with Gasteiger partial charge in [-0.1, -0.05) is 78.4 Å². The molecule has 0 atom stereocenters. The van der Waals surface area contributed by atoms with Crippen molar-refractivity contribution in [2.24, 2.45) is 0 Å². The molecular weight excluding hydrogens is 312 g/mol. The van der Waals surface area contributed by atoms with Crippen molar-refractivity contribution in [3.63, 3.8) is 0 Å². The Morgan fingerprint density at radius 2 is 1.50 bits per heavy atom. The van der Waals surface area contributed by atoms with Gasteiger partial charge in [0, 0.05) is 0 Å². The van der Waals surface area contributed by atoms with Crippen LogP contribution < -0.4 is 0 Å². The zero-order valence-corrected chi connectivity index (χ0v) is 15.5. The van der Waals surface area contributed by atoms with E-state index in [0.717, 1.165) is 12.8 Å². The van der Waals surface area contributed by atoms with Crippen molar-refractivity contribution in [3.05, 3.63) is 95.1 Å². The molecule has 128 valence electrons. The van der Waals surface area contributed by atoms with Crippen molar-refractivity contribution < 1.29 is 0 Å². The van der Waals surface area contributed by atoms with Crippen molar-refractivity contribution >= 4 is 10.8 Å². The number of aryl methyl sites for hydroxylation is 2. The van der Waals surface area contributed by atoms with Crippen molar-refractivity contribution in [3.8, 4) is 11.1 Å². The number of benzene rings is 3. The molecule has 0 bridgehead atoms. The van der Waals surface area contributed by atoms with E-state index in [4.69, 9.17) is 0 Å². The molecular formula is C26H24. The monoisotopic (exact) mass is 336 g/mol. The Morgan fingerprint density at radius 1 is 0.769 bits per heavy atom. The number of rotatable bonds is 0. The topological polar surface area (TPSA) is 0 Å². The summed E-state index contributed by atoms with van der Waals surface area (Å²) in [6.07, 6.45) is 13.3. The second-order valence-corrected chi connectivity index (χ2v) is 7.82. The van der Waals surface area contributed by atoms with Crippen LogP contribution in [0.1, 0.15) is 41.5 Å². The van der Waals surface area contributed by atoms with Crippen LogP contribution in [-0.2, 0) is 5.41 Å². The Morgan fingerprint density at radius 3 is 2.27 bits per heavy atom. The van der Waals surface area contributed by atoms with Crippen LogP contribution in [0.2, 0.25) is 0 Å². The number of allylic oxidation sites excluding steroid dienone is 4. The molecule has 0 amide bonds. The summed E-state index contributed by atoms with van der Waals surface area (Å²) in [6.45, 7) is 4.46. The molecule has 2 aliphatic rings. The maximum atomic E-state index is 2.46. The zero-order chi connectivity index (χ0) is 17.7. The number of fused-ring (bicyclic) bond motifs is 7. The van der Waals surface area contributed by atoms with Gasteiger partial charge in [0.2, 0.25) is 0 Å². The lowest BCUT2D eigenvalue weighted by atomic mass is 9.75. The van der Waals surface area contributed by atoms with Crippen LogP contribution in [0.25, 0.3) is 21.9 Å². The SMILES string of the molecule is Cc1ccc2c(c1)C1(/C=C\CCC/C=C\1)c1cc(C)c3ccccc3c1-2. The fourth-order valence-electron chi connectivity index (χ4n) is 4.84. The molecule has 0 unspecified atom stereocenters. The summed E-state index contributed by atoms with van der Waals surface area (Å²) in [5, 5.41) is 2.75. The molecule has 0 N–H and O–H groups in total. The fourth-order valence-corrected chi connectivity index (χ4v) is 4.84. The Labute approximate surface area is 155 Å². The molecule has 0 saturated heterocycles. The van der Waals surface area contributed by atoms with Crippen LogP contribution in [0.15, 0.2) is 72.8 Å². The average molecular weight is 336 g/mol. The molecule has 0 saturated carbocycles. The summed E-state index contributed by atoms with van der Waals surface area (Å²) < 4.78 is 0. The third-order valence-electron chi connectivity index (χ3n) is 6.09. The Hall–Kier alpha value is -2.60. The van der Waals surface area contributed by atoms with Gasteiger partial charge in [-0.3, -0.25) is 0 Å². The summed E-state index contributed by atoms with van der Waals surface area (Å²) in [7, 11) is 0. The van der Waals surface area contributed by atoms with E-state index >= 15 is 0 Å². The third-order valence-corrected chi connectivity index (χ3v) is 6.09. The highest BCUT2D eigenvalue weighted by Gasteiger charge is 2.40. The first-order chi connectivity index (χ1) is 12.7. The van der Waals surface area contributed by atoms with Gasteiger partial charge in [-0.25, -0.2) is 0 Å². The molecule has 0 fully saturated rings. The highest BCUT2D eigenvalue weighted by molar-refractivity contribution is 6.04. The lowest BCUT2D eigenvalue weighted by Crippen LogP contribution is -2.20. The van der Waals surface area contributed by atoms with Crippen molar-refractivity contribution in [2.75, 3.05) is 0 Å². The van der Waals surface area contributed by atoms with E-state index < -0.39 is 0 Å². The minimum atomic E-state index is -0.119. The van der Waals surface area contributed by atoms with Gasteiger partial charge in [0.15, 0.2) is 0 Å². The molecule has 1 spiro atoms. The molecule has 0 heteroatoms. The van der Waals surface area contributed by atoms with Crippen LogP contribution in [0.5, 0.6) is 0 Å². The maximum absolute atomic E-state index is 2.46. The van der Waals surface area contributed by atoms with E-state index in [9.17, 15) is 0 Å². The lowest BCUT2D eigenvalue weighted by Gasteiger charge is -2.27. The molecule has 26 heavy (non-hydrogen) atoms. The molecule has 0 aromatic heterocycles. The van der Waals surface area contributed by atoms with Crippen molar-refractivity contribution in [2.45, 2.75) is 38.5 Å². The normalized spacial score (nSPS) is 19.6. The molecule has 3 aromatic carbocycles. The van der Waals surface area contributed by atoms with Gasteiger partial charge in [0.25, 0.3) is 0 Å². The van der Waals surface area contributed by atoms with Gasteiger partial charge in [-0.05, 0) is 71.7 Å². The number of hydrogen-bond donors (Lipinski definition) is 0. The second-order valence-electron chi connectivity index (χ2n) is 7.82. The van der Waals surface area contributed by atoms with Gasteiger partial charge in [-0.15, -0.1) is 0 Å². The van der Waals surface area contributed by atoms with Crippen LogP contribution >= 0.6 is 0 Å². The third kappa shape index (κ3) is 2.08. The minimum absolute atomic E-state index is 0.119. The van der Waals surface area contributed by atoms with E-state index in [-0.39, 0.29) is 5.41 Å². The van der Waals surface area contributed by atoms with E-state index in [2.05, 4.69) is 86.7 Å². The second kappa shape index (κ2) is 5.71. The van der Waals surface area contributed by atoms with E-state index in [1.54, 1.807) is 0 Å². The smallest absolute Gasteiger partial charge is 0.0575 e. The quantitative estimate of drug-likeness (QED) is 0.387. The lowest BCUT2D eigenvalue weighted by molar-refractivity contribution is 0.782. The number of hydrogen-bond acceptors (Lipinski definition) is 0. The summed E-state index contributed by atoms with van der Waals surface area (Å²) in [5.74, 6) is 0. The molecule has 2 aliphatic carbocycles. The van der Waals surface area contributed by atoms with Crippen LogP contribution in [0, 0.1) is 13.8 Å². The predicted octanol–water partition coefficient (Wildman–Crippen LogP) is 7.02. The van der Waals surface area contributed by atoms with E-state index in [1.807, 2.05) is 0 Å². The minimum Gasteiger partial charge on any atom is -0.0870 e. The highest BCUT2D eigenvalue weighted by atomic mass is 14.4. The predicted molar refractivity (Wildman–Crippen MR) is 112 cm³/mol. The maximum Gasteiger partial charge on any atom is 0.0575 e. The highest BCUT2D eigenvalue weighted by Crippen LogP contribution is 2.54. The first-order valence-electron chi connectivity index (χ1n) is 9.70. The zero-order valence-electron chi connectivity index (χ0n) is 15.5. The molecule has 0 nitrogen and oxygen atoms in total. The first-order valence-corrected chi connectivity index (χ1v) is 9.70. The van der Waals surface area contributed by atoms with Crippen LogP contribution in [-0.4, -0.2) is 0 Å². The Balaban J connectivity index is 1.96. The van der Waals surface area contributed by atoms with E-state index in [0.29, 0.717) is 0 Å². The summed E-state index contributed by atoms with van der Waals surface area (Å²) in [5.41, 5.74) is 8.30. The summed E-state index contributed by atoms with van der Waals surface area (Å²) in [4.78, 5) is 0. The molecule has 0 radical (unpaired) electrons. The summed E-state index contributed by atoms with van der Waals surface area (Å²) in [6, 6.07) is 18.3. The van der Waals surface area contributed by atoms with Gasteiger partial charge >= 0.3 is 0 Å². The van der Waals surface area contributed by atoms with Crippen molar-refractivity contribution in [1.29, 1.82) is 0 Å². The van der Waals surface area contributed by atoms with Gasteiger partial charge in [0.05, 0.1) is 5.41 Å². The Kier molecular flexibility index (Phi) is 3.43. The van der Waals surface area contributed by atoms with Gasteiger partial charge in [0.1, 0.15) is 0 Å². The first kappa shape index (κ1) is 15.6. The van der Waals surface area contributed by atoms with E-state index in [1.165, 1.54) is 50.6 Å². The molecule has 0 aliphatic heterocycles. The standard InChI is InChI=1S/C26H24/c1-18-12-13-22-23(16-18)26(14-8-4-3-5-9-15-26)24-17-19(2)20-10-6-7-11-21(20)25(22)24/h6-17H,3-5H2,1-2H3/b14-8-,15-9-. The van der Waals surface area contributed by atoms with Crippen molar-refractivity contribution in [1.82, 2.24) is 0 Å². The molecule has 5 rings (SSSR count). The molecule has 3 aromatic rings.